The molecule has 0 saturated heterocycles. The molecule has 0 fully saturated rings. The standard InChI is InChI=1S/C6H13F2N/c1-2-5(9)3-4-6(7)8/h5-6H,2-4,9H2,1H3. The van der Waals surface area contributed by atoms with Gasteiger partial charge in [-0.1, -0.05) is 6.92 Å². The van der Waals surface area contributed by atoms with Crippen molar-refractivity contribution >= 4 is 0 Å². The van der Waals surface area contributed by atoms with E-state index in [4.69, 9.17) is 5.73 Å². The summed E-state index contributed by atoms with van der Waals surface area (Å²) in [5, 5.41) is 0. The van der Waals surface area contributed by atoms with Crippen molar-refractivity contribution in [2.75, 3.05) is 0 Å². The molecular weight excluding hydrogens is 124 g/mol. The van der Waals surface area contributed by atoms with Crippen molar-refractivity contribution in [3.8, 4) is 0 Å². The van der Waals surface area contributed by atoms with Crippen LogP contribution in [-0.2, 0) is 0 Å². The van der Waals surface area contributed by atoms with E-state index in [1.807, 2.05) is 6.92 Å². The van der Waals surface area contributed by atoms with Crippen LogP contribution < -0.4 is 5.73 Å². The molecule has 9 heavy (non-hydrogen) atoms. The van der Waals surface area contributed by atoms with Crippen molar-refractivity contribution in [3.05, 3.63) is 0 Å². The Morgan fingerprint density at radius 1 is 1.33 bits per heavy atom. The molecule has 0 spiro atoms. The second kappa shape index (κ2) is 4.68. The number of hydrogen-bond acceptors (Lipinski definition) is 1. The zero-order valence-electron chi connectivity index (χ0n) is 5.61. The molecule has 0 aliphatic rings. The summed E-state index contributed by atoms with van der Waals surface area (Å²) in [4.78, 5) is 0. The lowest BCUT2D eigenvalue weighted by atomic mass is 10.1. The van der Waals surface area contributed by atoms with E-state index >= 15 is 0 Å². The van der Waals surface area contributed by atoms with Gasteiger partial charge in [-0.2, -0.15) is 0 Å². The molecule has 0 aromatic carbocycles. The monoisotopic (exact) mass is 137 g/mol. The van der Waals surface area contributed by atoms with E-state index in [1.54, 1.807) is 0 Å². The van der Waals surface area contributed by atoms with Gasteiger partial charge in [0.05, 0.1) is 0 Å². The first-order valence-corrected chi connectivity index (χ1v) is 3.20. The van der Waals surface area contributed by atoms with E-state index in [2.05, 4.69) is 0 Å². The minimum Gasteiger partial charge on any atom is -0.328 e. The first-order chi connectivity index (χ1) is 4.16. The van der Waals surface area contributed by atoms with Gasteiger partial charge in [0.2, 0.25) is 6.43 Å². The third-order valence-electron chi connectivity index (χ3n) is 1.28. The highest BCUT2D eigenvalue weighted by atomic mass is 19.3. The Kier molecular flexibility index (Phi) is 4.58. The number of hydrogen-bond donors (Lipinski definition) is 1. The molecule has 1 unspecified atom stereocenters. The molecule has 0 aromatic rings. The fourth-order valence-corrected chi connectivity index (χ4v) is 0.544. The largest absolute Gasteiger partial charge is 0.328 e. The van der Waals surface area contributed by atoms with Crippen LogP contribution in [0.1, 0.15) is 26.2 Å². The van der Waals surface area contributed by atoms with Crippen LogP contribution in [0.25, 0.3) is 0 Å². The first-order valence-electron chi connectivity index (χ1n) is 3.20. The lowest BCUT2D eigenvalue weighted by molar-refractivity contribution is 0.132. The molecular formula is C6H13F2N. The molecule has 0 aliphatic heterocycles. The van der Waals surface area contributed by atoms with Crippen LogP contribution >= 0.6 is 0 Å². The maximum Gasteiger partial charge on any atom is 0.238 e. The molecule has 56 valence electrons. The zero-order chi connectivity index (χ0) is 7.28. The van der Waals surface area contributed by atoms with Crippen molar-refractivity contribution in [3.63, 3.8) is 0 Å². The fraction of sp³-hybridized carbons (Fsp3) is 1.00. The molecule has 0 amide bonds. The summed E-state index contributed by atoms with van der Waals surface area (Å²) in [7, 11) is 0. The van der Waals surface area contributed by atoms with E-state index in [0.29, 0.717) is 6.42 Å². The Labute approximate surface area is 54.2 Å². The lowest BCUT2D eigenvalue weighted by Crippen LogP contribution is -2.19. The van der Waals surface area contributed by atoms with Crippen molar-refractivity contribution in [1.29, 1.82) is 0 Å². The molecule has 3 heteroatoms. The van der Waals surface area contributed by atoms with Crippen LogP contribution in [0.2, 0.25) is 0 Å². The first kappa shape index (κ1) is 8.82. The molecule has 0 bridgehead atoms. The van der Waals surface area contributed by atoms with Gasteiger partial charge >= 0.3 is 0 Å². The summed E-state index contributed by atoms with van der Waals surface area (Å²) in [6.45, 7) is 1.90. The predicted octanol–water partition coefficient (Wildman–Crippen LogP) is 1.77. The van der Waals surface area contributed by atoms with E-state index in [9.17, 15) is 8.78 Å². The van der Waals surface area contributed by atoms with Gasteiger partial charge in [-0.15, -0.1) is 0 Å². The number of halogens is 2. The quantitative estimate of drug-likeness (QED) is 0.627. The van der Waals surface area contributed by atoms with Crippen molar-refractivity contribution in [2.24, 2.45) is 5.73 Å². The Hall–Kier alpha value is -0.180. The average Bonchev–Trinajstić information content (AvgIpc) is 1.83. The summed E-state index contributed by atoms with van der Waals surface area (Å²) in [6, 6.07) is -0.0426. The highest BCUT2D eigenvalue weighted by Gasteiger charge is 2.05. The fourth-order valence-electron chi connectivity index (χ4n) is 0.544. The second-order valence-electron chi connectivity index (χ2n) is 2.14. The zero-order valence-corrected chi connectivity index (χ0v) is 5.61. The minimum atomic E-state index is -2.19. The van der Waals surface area contributed by atoms with Crippen LogP contribution in [0.4, 0.5) is 8.78 Å². The van der Waals surface area contributed by atoms with E-state index in [-0.39, 0.29) is 12.5 Å². The molecule has 0 aromatic heterocycles. The van der Waals surface area contributed by atoms with Gasteiger partial charge in [0, 0.05) is 12.5 Å². The third kappa shape index (κ3) is 5.69. The van der Waals surface area contributed by atoms with Crippen LogP contribution in [0, 0.1) is 0 Å². The minimum absolute atomic E-state index is 0.0426. The lowest BCUT2D eigenvalue weighted by Gasteiger charge is -2.06. The maximum absolute atomic E-state index is 11.5. The van der Waals surface area contributed by atoms with E-state index in [1.165, 1.54) is 0 Å². The molecule has 0 saturated carbocycles. The van der Waals surface area contributed by atoms with Gasteiger partial charge in [0.25, 0.3) is 0 Å². The summed E-state index contributed by atoms with van der Waals surface area (Å²) in [5.41, 5.74) is 5.39. The third-order valence-corrected chi connectivity index (χ3v) is 1.28. The molecule has 1 atom stereocenters. The van der Waals surface area contributed by atoms with Gasteiger partial charge in [-0.3, -0.25) is 0 Å². The van der Waals surface area contributed by atoms with Crippen LogP contribution in [0.5, 0.6) is 0 Å². The highest BCUT2D eigenvalue weighted by molar-refractivity contribution is 4.58. The molecule has 0 rings (SSSR count). The molecule has 2 N–H and O–H groups in total. The summed E-state index contributed by atoms with van der Waals surface area (Å²) < 4.78 is 23.0. The predicted molar refractivity (Wildman–Crippen MR) is 33.5 cm³/mol. The number of nitrogens with two attached hydrogens (primary N) is 1. The Balaban J connectivity index is 3.06. The van der Waals surface area contributed by atoms with Crippen LogP contribution in [-0.4, -0.2) is 12.5 Å². The smallest absolute Gasteiger partial charge is 0.238 e. The average molecular weight is 137 g/mol. The summed E-state index contributed by atoms with van der Waals surface area (Å²) in [6.07, 6.45) is -1.03. The van der Waals surface area contributed by atoms with Gasteiger partial charge in [0.1, 0.15) is 0 Å². The molecule has 0 heterocycles. The normalized spacial score (nSPS) is 14.3. The summed E-state index contributed by atoms with van der Waals surface area (Å²) in [5.74, 6) is 0. The highest BCUT2D eigenvalue weighted by Crippen LogP contribution is 2.05. The van der Waals surface area contributed by atoms with Gasteiger partial charge in [0.15, 0.2) is 0 Å². The van der Waals surface area contributed by atoms with Crippen LogP contribution in [0.3, 0.4) is 0 Å². The van der Waals surface area contributed by atoms with E-state index in [0.717, 1.165) is 6.42 Å². The van der Waals surface area contributed by atoms with Gasteiger partial charge < -0.3 is 5.73 Å². The molecule has 1 nitrogen and oxygen atoms in total. The van der Waals surface area contributed by atoms with Gasteiger partial charge in [-0.05, 0) is 12.8 Å². The number of alkyl halides is 2. The Morgan fingerprint density at radius 3 is 2.22 bits per heavy atom. The Bertz CT molecular complexity index is 66.1. The molecule has 0 radical (unpaired) electrons. The topological polar surface area (TPSA) is 26.0 Å². The SMILES string of the molecule is CCC(N)CCC(F)F. The van der Waals surface area contributed by atoms with E-state index < -0.39 is 6.43 Å². The second-order valence-corrected chi connectivity index (χ2v) is 2.14. The Morgan fingerprint density at radius 2 is 1.89 bits per heavy atom. The molecule has 0 aliphatic carbocycles. The van der Waals surface area contributed by atoms with Crippen molar-refractivity contribution in [1.82, 2.24) is 0 Å². The van der Waals surface area contributed by atoms with Gasteiger partial charge in [-0.25, -0.2) is 8.78 Å². The van der Waals surface area contributed by atoms with Crippen molar-refractivity contribution < 1.29 is 8.78 Å². The van der Waals surface area contributed by atoms with Crippen LogP contribution in [0.15, 0.2) is 0 Å². The van der Waals surface area contributed by atoms with Crippen molar-refractivity contribution in [2.45, 2.75) is 38.7 Å². The summed E-state index contributed by atoms with van der Waals surface area (Å²) >= 11 is 0. The number of rotatable bonds is 4. The maximum atomic E-state index is 11.5.